The van der Waals surface area contributed by atoms with Crippen LogP contribution in [0.5, 0.6) is 0 Å². The number of rotatable bonds is 6. The number of carbonyl (C=O) groups excluding carboxylic acids is 1. The van der Waals surface area contributed by atoms with Crippen LogP contribution in [0.3, 0.4) is 0 Å². The maximum atomic E-state index is 12.5. The monoisotopic (exact) mass is 330 g/mol. The zero-order chi connectivity index (χ0) is 17.7. The molecule has 1 heterocycles. The molecule has 130 valence electrons. The number of hydrogen-bond donors (Lipinski definition) is 1. The molecule has 1 atom stereocenters. The van der Waals surface area contributed by atoms with E-state index in [9.17, 15) is 4.79 Å². The predicted octanol–water partition coefficient (Wildman–Crippen LogP) is 2.17. The van der Waals surface area contributed by atoms with Crippen molar-refractivity contribution in [3.63, 3.8) is 0 Å². The number of carbonyl (C=O) groups is 1. The summed E-state index contributed by atoms with van der Waals surface area (Å²) in [6.07, 6.45) is 1.63. The number of nitrogens with one attached hydrogen (secondary N) is 1. The number of anilines is 1. The Balaban J connectivity index is 1.99. The Morgan fingerprint density at radius 1 is 1.29 bits per heavy atom. The Hall–Kier alpha value is -2.57. The first kappa shape index (κ1) is 17.8. The van der Waals surface area contributed by atoms with Gasteiger partial charge in [-0.1, -0.05) is 12.1 Å². The van der Waals surface area contributed by atoms with E-state index in [0.29, 0.717) is 13.1 Å². The van der Waals surface area contributed by atoms with Gasteiger partial charge in [0, 0.05) is 39.9 Å². The SMILES string of the molecule is CCN(Cc1ccc(N(C)C)cc1)C(=O)N[C@H](C)c1nncn1C. The molecule has 7 nitrogen and oxygen atoms in total. The van der Waals surface area contributed by atoms with Crippen molar-refractivity contribution >= 4 is 11.7 Å². The third kappa shape index (κ3) is 4.24. The lowest BCUT2D eigenvalue weighted by molar-refractivity contribution is 0.194. The molecular formula is C17H26N6O. The summed E-state index contributed by atoms with van der Waals surface area (Å²) in [6, 6.07) is 7.92. The summed E-state index contributed by atoms with van der Waals surface area (Å²) in [4.78, 5) is 16.3. The van der Waals surface area contributed by atoms with Gasteiger partial charge in [-0.2, -0.15) is 0 Å². The number of aryl methyl sites for hydroxylation is 1. The summed E-state index contributed by atoms with van der Waals surface area (Å²) in [5.74, 6) is 0.731. The number of aromatic nitrogens is 3. The van der Waals surface area contributed by atoms with E-state index in [0.717, 1.165) is 17.1 Å². The van der Waals surface area contributed by atoms with Crippen molar-refractivity contribution in [3.8, 4) is 0 Å². The predicted molar refractivity (Wildman–Crippen MR) is 94.8 cm³/mol. The molecule has 0 aliphatic heterocycles. The molecule has 7 heteroatoms. The minimum atomic E-state index is -0.199. The van der Waals surface area contributed by atoms with Crippen LogP contribution in [-0.2, 0) is 13.6 Å². The van der Waals surface area contributed by atoms with E-state index < -0.39 is 0 Å². The Kier molecular flexibility index (Phi) is 5.78. The number of urea groups is 1. The van der Waals surface area contributed by atoms with Gasteiger partial charge < -0.3 is 19.7 Å². The first-order chi connectivity index (χ1) is 11.4. The van der Waals surface area contributed by atoms with Gasteiger partial charge in [-0.3, -0.25) is 0 Å². The van der Waals surface area contributed by atoms with Gasteiger partial charge in [0.25, 0.3) is 0 Å². The molecule has 24 heavy (non-hydrogen) atoms. The summed E-state index contributed by atoms with van der Waals surface area (Å²) in [6.45, 7) is 5.08. The summed E-state index contributed by atoms with van der Waals surface area (Å²) in [5, 5.41) is 10.9. The maximum Gasteiger partial charge on any atom is 0.318 e. The quantitative estimate of drug-likeness (QED) is 0.881. The van der Waals surface area contributed by atoms with Gasteiger partial charge in [0.15, 0.2) is 5.82 Å². The Morgan fingerprint density at radius 3 is 2.46 bits per heavy atom. The minimum Gasteiger partial charge on any atom is -0.378 e. The highest BCUT2D eigenvalue weighted by molar-refractivity contribution is 5.74. The zero-order valence-electron chi connectivity index (χ0n) is 15.0. The van der Waals surface area contributed by atoms with Crippen molar-refractivity contribution < 1.29 is 4.79 Å². The van der Waals surface area contributed by atoms with E-state index in [2.05, 4.69) is 44.7 Å². The van der Waals surface area contributed by atoms with Gasteiger partial charge >= 0.3 is 6.03 Å². The molecule has 2 aromatic rings. The second kappa shape index (κ2) is 7.81. The van der Waals surface area contributed by atoms with Crippen molar-refractivity contribution in [2.45, 2.75) is 26.4 Å². The van der Waals surface area contributed by atoms with Gasteiger partial charge in [-0.15, -0.1) is 10.2 Å². The molecule has 0 saturated carbocycles. The summed E-state index contributed by atoms with van der Waals surface area (Å²) in [5.41, 5.74) is 2.24. The number of nitrogens with zero attached hydrogens (tertiary/aromatic N) is 5. The normalized spacial score (nSPS) is 11.9. The first-order valence-electron chi connectivity index (χ1n) is 8.08. The lowest BCUT2D eigenvalue weighted by Crippen LogP contribution is -2.41. The molecule has 0 radical (unpaired) electrons. The lowest BCUT2D eigenvalue weighted by atomic mass is 10.2. The van der Waals surface area contributed by atoms with Gasteiger partial charge in [0.05, 0.1) is 6.04 Å². The highest BCUT2D eigenvalue weighted by Crippen LogP contribution is 2.14. The van der Waals surface area contributed by atoms with Crippen LogP contribution in [-0.4, -0.2) is 46.3 Å². The van der Waals surface area contributed by atoms with E-state index in [-0.39, 0.29) is 12.1 Å². The molecule has 0 aliphatic rings. The fourth-order valence-corrected chi connectivity index (χ4v) is 2.47. The molecule has 0 unspecified atom stereocenters. The smallest absolute Gasteiger partial charge is 0.318 e. The summed E-state index contributed by atoms with van der Waals surface area (Å²) >= 11 is 0. The molecule has 2 amide bonds. The van der Waals surface area contributed by atoms with Crippen molar-refractivity contribution in [3.05, 3.63) is 42.0 Å². The Morgan fingerprint density at radius 2 is 1.96 bits per heavy atom. The Labute approximate surface area is 143 Å². The van der Waals surface area contributed by atoms with Crippen molar-refractivity contribution in [1.82, 2.24) is 25.0 Å². The van der Waals surface area contributed by atoms with Crippen LogP contribution in [0.4, 0.5) is 10.5 Å². The van der Waals surface area contributed by atoms with Crippen LogP contribution in [0, 0.1) is 0 Å². The van der Waals surface area contributed by atoms with E-state index in [1.807, 2.05) is 35.0 Å². The van der Waals surface area contributed by atoms with Gasteiger partial charge in [-0.25, -0.2) is 4.79 Å². The lowest BCUT2D eigenvalue weighted by Gasteiger charge is -2.24. The fraction of sp³-hybridized carbons (Fsp3) is 0.471. The van der Waals surface area contributed by atoms with Crippen LogP contribution in [0.25, 0.3) is 0 Å². The van der Waals surface area contributed by atoms with E-state index in [4.69, 9.17) is 0 Å². The molecule has 0 fully saturated rings. The largest absolute Gasteiger partial charge is 0.378 e. The van der Waals surface area contributed by atoms with Crippen LogP contribution >= 0.6 is 0 Å². The summed E-state index contributed by atoms with van der Waals surface area (Å²) in [7, 11) is 5.88. The van der Waals surface area contributed by atoms with Gasteiger partial charge in [0.1, 0.15) is 6.33 Å². The van der Waals surface area contributed by atoms with Crippen molar-refractivity contribution in [2.75, 3.05) is 25.5 Å². The third-order valence-electron chi connectivity index (χ3n) is 3.97. The molecule has 0 bridgehead atoms. The average Bonchev–Trinajstić information content (AvgIpc) is 2.99. The van der Waals surface area contributed by atoms with Crippen molar-refractivity contribution in [1.29, 1.82) is 0 Å². The van der Waals surface area contributed by atoms with E-state index >= 15 is 0 Å². The van der Waals surface area contributed by atoms with Crippen molar-refractivity contribution in [2.24, 2.45) is 7.05 Å². The molecule has 0 spiro atoms. The maximum absolute atomic E-state index is 12.5. The van der Waals surface area contributed by atoms with Gasteiger partial charge in [0.2, 0.25) is 0 Å². The van der Waals surface area contributed by atoms with E-state index in [1.54, 1.807) is 15.8 Å². The highest BCUT2D eigenvalue weighted by atomic mass is 16.2. The number of benzene rings is 1. The molecule has 1 aromatic heterocycles. The third-order valence-corrected chi connectivity index (χ3v) is 3.97. The van der Waals surface area contributed by atoms with Crippen LogP contribution in [0.15, 0.2) is 30.6 Å². The van der Waals surface area contributed by atoms with Gasteiger partial charge in [-0.05, 0) is 31.5 Å². The second-order valence-electron chi connectivity index (χ2n) is 6.05. The Bertz CT molecular complexity index is 664. The van der Waals surface area contributed by atoms with Crippen LogP contribution in [0.2, 0.25) is 0 Å². The standard InChI is InChI=1S/C17H26N6O/c1-6-23(11-14-7-9-15(10-8-14)21(3)4)17(24)19-13(2)16-20-18-12-22(16)5/h7-10,12-13H,6,11H2,1-5H3,(H,19,24)/t13-/m1/s1. The number of amides is 2. The number of hydrogen-bond acceptors (Lipinski definition) is 4. The molecule has 1 N–H and O–H groups in total. The molecule has 0 aliphatic carbocycles. The van der Waals surface area contributed by atoms with Crippen LogP contribution in [0.1, 0.15) is 31.3 Å². The first-order valence-corrected chi connectivity index (χ1v) is 8.08. The average molecular weight is 330 g/mol. The minimum absolute atomic E-state index is 0.107. The molecular weight excluding hydrogens is 304 g/mol. The fourth-order valence-electron chi connectivity index (χ4n) is 2.47. The molecule has 0 saturated heterocycles. The second-order valence-corrected chi connectivity index (χ2v) is 6.05. The molecule has 1 aromatic carbocycles. The molecule has 2 rings (SSSR count). The topological polar surface area (TPSA) is 66.3 Å². The van der Waals surface area contributed by atoms with Crippen LogP contribution < -0.4 is 10.2 Å². The summed E-state index contributed by atoms with van der Waals surface area (Å²) < 4.78 is 1.81. The van der Waals surface area contributed by atoms with E-state index in [1.165, 1.54) is 0 Å². The zero-order valence-corrected chi connectivity index (χ0v) is 15.0. The highest BCUT2D eigenvalue weighted by Gasteiger charge is 2.18.